The summed E-state index contributed by atoms with van der Waals surface area (Å²) in [7, 11) is 0. The molecule has 3 saturated carbocycles. The summed E-state index contributed by atoms with van der Waals surface area (Å²) in [5.41, 5.74) is 4.02. The van der Waals surface area contributed by atoms with Crippen LogP contribution in [-0.4, -0.2) is 21.9 Å². The lowest BCUT2D eigenvalue weighted by Crippen LogP contribution is -2.36. The Morgan fingerprint density at radius 3 is 2.69 bits per heavy atom. The van der Waals surface area contributed by atoms with E-state index in [0.29, 0.717) is 5.41 Å². The summed E-state index contributed by atoms with van der Waals surface area (Å²) in [6.45, 7) is 13.1. The van der Waals surface area contributed by atoms with E-state index in [2.05, 4.69) is 32.6 Å². The van der Waals surface area contributed by atoms with E-state index in [9.17, 15) is 10.2 Å². The molecule has 3 aliphatic rings. The van der Waals surface area contributed by atoms with Crippen molar-refractivity contribution in [1.82, 2.24) is 0 Å². The molecule has 0 amide bonds. The highest BCUT2D eigenvalue weighted by molar-refractivity contribution is 5.36. The fourth-order valence-electron chi connectivity index (χ4n) is 6.67. The molecule has 3 aliphatic carbocycles. The number of hydrogen-bond donors (Lipinski definition) is 2. The average molecular weight is 401 g/mol. The van der Waals surface area contributed by atoms with Gasteiger partial charge in [0.05, 0.1) is 11.7 Å². The Balaban J connectivity index is 1.68. The first-order valence-electron chi connectivity index (χ1n) is 12.1. The smallest absolute Gasteiger partial charge is 0.0591 e. The maximum atomic E-state index is 10.0. The van der Waals surface area contributed by atoms with Crippen molar-refractivity contribution < 1.29 is 10.2 Å². The second-order valence-corrected chi connectivity index (χ2v) is 11.2. The molecule has 0 aromatic heterocycles. The lowest BCUT2D eigenvalue weighted by molar-refractivity contribution is 0.0596. The third kappa shape index (κ3) is 5.44. The molecule has 5 atom stereocenters. The maximum Gasteiger partial charge on any atom is 0.0591 e. The van der Waals surface area contributed by atoms with Crippen LogP contribution in [0, 0.1) is 23.2 Å². The van der Waals surface area contributed by atoms with Gasteiger partial charge >= 0.3 is 0 Å². The van der Waals surface area contributed by atoms with E-state index in [4.69, 9.17) is 0 Å². The second kappa shape index (κ2) is 9.10. The first-order valence-corrected chi connectivity index (χ1v) is 12.1. The molecule has 0 radical (unpaired) electrons. The fourth-order valence-corrected chi connectivity index (χ4v) is 6.67. The zero-order valence-corrected chi connectivity index (χ0v) is 19.3. The van der Waals surface area contributed by atoms with Gasteiger partial charge in [0.2, 0.25) is 0 Å². The zero-order valence-electron chi connectivity index (χ0n) is 19.3. The minimum Gasteiger partial charge on any atom is -0.393 e. The molecule has 0 aromatic rings. The molecule has 164 valence electrons. The Morgan fingerprint density at radius 1 is 1.21 bits per heavy atom. The summed E-state index contributed by atoms with van der Waals surface area (Å²) >= 11 is 0. The summed E-state index contributed by atoms with van der Waals surface area (Å²) in [6.07, 6.45) is 16.9. The van der Waals surface area contributed by atoms with Crippen LogP contribution in [0.25, 0.3) is 0 Å². The van der Waals surface area contributed by atoms with Crippen molar-refractivity contribution in [3.05, 3.63) is 35.5 Å². The van der Waals surface area contributed by atoms with Crippen LogP contribution < -0.4 is 0 Å². The Hall–Kier alpha value is -0.860. The molecule has 2 nitrogen and oxygen atoms in total. The van der Waals surface area contributed by atoms with Crippen molar-refractivity contribution in [3.63, 3.8) is 0 Å². The van der Waals surface area contributed by atoms with Crippen molar-refractivity contribution in [2.24, 2.45) is 23.2 Å². The van der Waals surface area contributed by atoms with E-state index in [0.717, 1.165) is 49.9 Å². The molecular formula is C27H44O2. The maximum absolute atomic E-state index is 10.0. The van der Waals surface area contributed by atoms with Crippen LogP contribution in [0.5, 0.6) is 0 Å². The first-order chi connectivity index (χ1) is 13.6. The number of rotatable bonds is 6. The summed E-state index contributed by atoms with van der Waals surface area (Å²) in [6, 6.07) is 0. The van der Waals surface area contributed by atoms with Gasteiger partial charge in [-0.05, 0) is 100 Å². The van der Waals surface area contributed by atoms with Gasteiger partial charge in [0, 0.05) is 0 Å². The van der Waals surface area contributed by atoms with Crippen LogP contribution in [0.1, 0.15) is 98.3 Å². The highest BCUT2D eigenvalue weighted by atomic mass is 16.3. The van der Waals surface area contributed by atoms with Gasteiger partial charge in [0.1, 0.15) is 0 Å². The molecule has 0 saturated heterocycles. The molecule has 0 bridgehead atoms. The Bertz CT molecular complexity index is 650. The van der Waals surface area contributed by atoms with Gasteiger partial charge in [-0.25, -0.2) is 0 Å². The lowest BCUT2D eigenvalue weighted by atomic mass is 9.60. The Morgan fingerprint density at radius 2 is 1.97 bits per heavy atom. The number of aliphatic hydroxyl groups is 2. The van der Waals surface area contributed by atoms with Gasteiger partial charge in [-0.1, -0.05) is 56.6 Å². The molecule has 0 heterocycles. The van der Waals surface area contributed by atoms with Crippen molar-refractivity contribution in [2.75, 3.05) is 0 Å². The van der Waals surface area contributed by atoms with Crippen LogP contribution in [0.2, 0.25) is 0 Å². The van der Waals surface area contributed by atoms with Crippen LogP contribution in [0.15, 0.2) is 35.5 Å². The van der Waals surface area contributed by atoms with E-state index in [1.54, 1.807) is 5.57 Å². The molecule has 0 unspecified atom stereocenters. The number of hydrogen-bond acceptors (Lipinski definition) is 2. The highest BCUT2D eigenvalue weighted by Gasteiger charge is 2.50. The van der Waals surface area contributed by atoms with E-state index in [1.165, 1.54) is 49.7 Å². The Labute approximate surface area is 179 Å². The second-order valence-electron chi connectivity index (χ2n) is 11.2. The molecule has 3 fully saturated rings. The van der Waals surface area contributed by atoms with Gasteiger partial charge in [-0.2, -0.15) is 0 Å². The monoisotopic (exact) mass is 400 g/mol. The molecular weight excluding hydrogens is 356 g/mol. The Kier molecular flexibility index (Phi) is 7.16. The topological polar surface area (TPSA) is 40.5 Å². The predicted molar refractivity (Wildman–Crippen MR) is 123 cm³/mol. The lowest BCUT2D eigenvalue weighted by Gasteiger charge is -2.44. The molecule has 2 heteroatoms. The number of allylic oxidation sites excluding steroid dienone is 4. The molecule has 0 aromatic carbocycles. The first kappa shape index (κ1) is 22.8. The third-order valence-electron chi connectivity index (χ3n) is 8.36. The quantitative estimate of drug-likeness (QED) is 0.518. The standard InChI is InChI=1S/C27H44O2/c1-19-10-13-23(28)18-22(19)12-11-21-9-7-17-27(5)24(14-15-25(21)27)20(2)8-6-16-26(3,4)29/h11-12,20,23-25,28-29H,1,6-10,13-18H2,2-5H3/b21-11+,22-12-/t20-,23-,24+,25-,27+/m0/s1. The highest BCUT2D eigenvalue weighted by Crippen LogP contribution is 2.60. The zero-order chi connectivity index (χ0) is 21.2. The molecule has 29 heavy (non-hydrogen) atoms. The fraction of sp³-hybridized carbons (Fsp3) is 0.778. The number of aliphatic hydroxyl groups excluding tert-OH is 1. The van der Waals surface area contributed by atoms with Crippen LogP contribution in [0.3, 0.4) is 0 Å². The summed E-state index contributed by atoms with van der Waals surface area (Å²) in [4.78, 5) is 0. The number of fused-ring (bicyclic) bond motifs is 1. The predicted octanol–water partition coefficient (Wildman–Crippen LogP) is 6.73. The molecule has 3 rings (SSSR count). The van der Waals surface area contributed by atoms with Gasteiger partial charge in [-0.3, -0.25) is 0 Å². The average Bonchev–Trinajstić information content (AvgIpc) is 2.99. The summed E-state index contributed by atoms with van der Waals surface area (Å²) in [5.74, 6) is 2.26. The van der Waals surface area contributed by atoms with E-state index >= 15 is 0 Å². The van der Waals surface area contributed by atoms with Gasteiger partial charge in [0.25, 0.3) is 0 Å². The van der Waals surface area contributed by atoms with E-state index < -0.39 is 5.60 Å². The van der Waals surface area contributed by atoms with Crippen LogP contribution in [-0.2, 0) is 0 Å². The molecule has 2 N–H and O–H groups in total. The van der Waals surface area contributed by atoms with Crippen molar-refractivity contribution in [1.29, 1.82) is 0 Å². The largest absolute Gasteiger partial charge is 0.393 e. The van der Waals surface area contributed by atoms with Crippen molar-refractivity contribution in [3.8, 4) is 0 Å². The van der Waals surface area contributed by atoms with Crippen molar-refractivity contribution in [2.45, 2.75) is 110 Å². The minimum absolute atomic E-state index is 0.192. The van der Waals surface area contributed by atoms with Crippen LogP contribution in [0.4, 0.5) is 0 Å². The summed E-state index contributed by atoms with van der Waals surface area (Å²) < 4.78 is 0. The summed E-state index contributed by atoms with van der Waals surface area (Å²) in [5, 5.41) is 20.1. The van der Waals surface area contributed by atoms with Crippen LogP contribution >= 0.6 is 0 Å². The normalized spacial score (nSPS) is 37.2. The molecule has 0 spiro atoms. The SMILES string of the molecule is C=C1CC[C@H](O)C/C1=C/C=C1\CCC[C@]2(C)[C@@H]([C@@H](C)CCCC(C)(C)O)CC[C@@H]12. The van der Waals surface area contributed by atoms with E-state index in [-0.39, 0.29) is 6.10 Å². The van der Waals surface area contributed by atoms with E-state index in [1.807, 2.05) is 13.8 Å². The third-order valence-corrected chi connectivity index (χ3v) is 8.36. The van der Waals surface area contributed by atoms with Gasteiger partial charge in [-0.15, -0.1) is 0 Å². The van der Waals surface area contributed by atoms with Crippen molar-refractivity contribution >= 4 is 0 Å². The van der Waals surface area contributed by atoms with Gasteiger partial charge < -0.3 is 10.2 Å². The minimum atomic E-state index is -0.535. The molecule has 0 aliphatic heterocycles. The van der Waals surface area contributed by atoms with Gasteiger partial charge in [0.15, 0.2) is 0 Å².